The van der Waals surface area contributed by atoms with Crippen LogP contribution in [0.3, 0.4) is 0 Å². The summed E-state index contributed by atoms with van der Waals surface area (Å²) in [5.41, 5.74) is 1.54. The van der Waals surface area contributed by atoms with Crippen molar-refractivity contribution in [3.8, 4) is 0 Å². The predicted molar refractivity (Wildman–Crippen MR) is 142 cm³/mol. The number of alkyl halides is 3. The molecule has 7 nitrogen and oxygen atoms in total. The number of nitrogens with zero attached hydrogens (tertiary/aromatic N) is 3. The van der Waals surface area contributed by atoms with Gasteiger partial charge in [0, 0.05) is 42.0 Å². The van der Waals surface area contributed by atoms with Gasteiger partial charge in [-0.2, -0.15) is 23.3 Å². The standard InChI is InChI=1S/C28H34F3N7/c29-28(30,31)21-7-3-4-19(14-21)16-22(32)15-18-8-10-23(11-9-18)34-27-33-13-12-25(36-27)35-26-17-24(37-38-26)20-5-1-2-6-20/h3-4,7,12-14,17-18,20,23,32H,1-2,5-6,8-11,15-16H2,(H3,33,34,35,36,37,38). The fraction of sp³-hybridized carbons (Fsp3) is 0.500. The number of H-pyrrole nitrogens is 1. The molecule has 0 bridgehead atoms. The van der Waals surface area contributed by atoms with E-state index in [-0.39, 0.29) is 12.5 Å². The number of halogens is 3. The number of rotatable bonds is 9. The molecule has 0 spiro atoms. The summed E-state index contributed by atoms with van der Waals surface area (Å²) in [4.78, 5) is 8.98. The second kappa shape index (κ2) is 11.5. The zero-order chi connectivity index (χ0) is 26.5. The van der Waals surface area contributed by atoms with Gasteiger partial charge < -0.3 is 16.0 Å². The van der Waals surface area contributed by atoms with Gasteiger partial charge in [-0.05, 0) is 68.6 Å². The second-order valence-corrected chi connectivity index (χ2v) is 10.6. The lowest BCUT2D eigenvalue weighted by Gasteiger charge is -2.29. The predicted octanol–water partition coefficient (Wildman–Crippen LogP) is 7.24. The zero-order valence-corrected chi connectivity index (χ0v) is 21.3. The van der Waals surface area contributed by atoms with Crippen LogP contribution in [0, 0.1) is 11.3 Å². The molecule has 38 heavy (non-hydrogen) atoms. The Morgan fingerprint density at radius 2 is 1.79 bits per heavy atom. The Hall–Kier alpha value is -3.43. The quantitative estimate of drug-likeness (QED) is 0.221. The van der Waals surface area contributed by atoms with Crippen LogP contribution in [-0.2, 0) is 12.6 Å². The van der Waals surface area contributed by atoms with E-state index in [2.05, 4.69) is 36.9 Å². The molecular weight excluding hydrogens is 491 g/mol. The normalized spacial score (nSPS) is 20.4. The fourth-order valence-corrected chi connectivity index (χ4v) is 5.69. The van der Waals surface area contributed by atoms with Crippen LogP contribution in [0.1, 0.15) is 80.5 Å². The van der Waals surface area contributed by atoms with Gasteiger partial charge in [0.2, 0.25) is 5.95 Å². The number of anilines is 3. The monoisotopic (exact) mass is 525 g/mol. The van der Waals surface area contributed by atoms with E-state index in [4.69, 9.17) is 5.41 Å². The first kappa shape index (κ1) is 26.2. The third kappa shape index (κ3) is 6.90. The van der Waals surface area contributed by atoms with Crippen molar-refractivity contribution >= 4 is 23.3 Å². The maximum Gasteiger partial charge on any atom is 0.416 e. The van der Waals surface area contributed by atoms with E-state index in [1.807, 2.05) is 6.07 Å². The maximum absolute atomic E-state index is 13.0. The molecule has 2 saturated carbocycles. The molecule has 0 amide bonds. The highest BCUT2D eigenvalue weighted by Crippen LogP contribution is 2.34. The molecule has 0 radical (unpaired) electrons. The van der Waals surface area contributed by atoms with Gasteiger partial charge in [-0.1, -0.05) is 31.0 Å². The van der Waals surface area contributed by atoms with Crippen LogP contribution >= 0.6 is 0 Å². The zero-order valence-electron chi connectivity index (χ0n) is 21.3. The van der Waals surface area contributed by atoms with Crippen molar-refractivity contribution in [1.29, 1.82) is 5.41 Å². The first-order valence-corrected chi connectivity index (χ1v) is 13.5. The highest BCUT2D eigenvalue weighted by molar-refractivity contribution is 5.83. The second-order valence-electron chi connectivity index (χ2n) is 10.6. The van der Waals surface area contributed by atoms with Crippen molar-refractivity contribution in [2.24, 2.45) is 5.92 Å². The molecule has 1 aromatic carbocycles. The number of hydrogen-bond donors (Lipinski definition) is 4. The Morgan fingerprint density at radius 3 is 2.55 bits per heavy atom. The topological polar surface area (TPSA) is 102 Å². The number of nitrogens with one attached hydrogen (secondary N) is 4. The van der Waals surface area contributed by atoms with Gasteiger partial charge in [-0.15, -0.1) is 0 Å². The van der Waals surface area contributed by atoms with E-state index in [9.17, 15) is 13.2 Å². The maximum atomic E-state index is 13.0. The highest BCUT2D eigenvalue weighted by Gasteiger charge is 2.30. The number of aromatic amines is 1. The van der Waals surface area contributed by atoms with E-state index in [0.29, 0.717) is 41.3 Å². The number of benzene rings is 1. The Bertz CT molecular complexity index is 1220. The van der Waals surface area contributed by atoms with Crippen molar-refractivity contribution in [1.82, 2.24) is 20.2 Å². The summed E-state index contributed by atoms with van der Waals surface area (Å²) in [6, 6.07) is 9.43. The van der Waals surface area contributed by atoms with Crippen LogP contribution in [0.15, 0.2) is 42.6 Å². The smallest absolute Gasteiger partial charge is 0.351 e. The van der Waals surface area contributed by atoms with Crippen molar-refractivity contribution in [3.63, 3.8) is 0 Å². The summed E-state index contributed by atoms with van der Waals surface area (Å²) in [6.07, 6.45) is 7.00. The minimum absolute atomic E-state index is 0.249. The molecule has 4 N–H and O–H groups in total. The van der Waals surface area contributed by atoms with Gasteiger partial charge in [0.1, 0.15) is 5.82 Å². The molecule has 3 aromatic rings. The number of hydrogen-bond acceptors (Lipinski definition) is 6. The summed E-state index contributed by atoms with van der Waals surface area (Å²) in [5.74, 6) is 2.95. The first-order chi connectivity index (χ1) is 18.3. The van der Waals surface area contributed by atoms with E-state index >= 15 is 0 Å². The molecule has 2 aliphatic rings. The highest BCUT2D eigenvalue weighted by atomic mass is 19.4. The Balaban J connectivity index is 1.08. The molecule has 2 aliphatic carbocycles. The molecule has 5 rings (SSSR count). The van der Waals surface area contributed by atoms with Gasteiger partial charge in [-0.25, -0.2) is 4.98 Å². The number of aromatic nitrogens is 4. The lowest BCUT2D eigenvalue weighted by atomic mass is 9.82. The SMILES string of the molecule is N=C(Cc1cccc(C(F)(F)F)c1)CC1CCC(Nc2nccc(Nc3cc(C4CCCC4)[nH]n3)n2)CC1. The molecule has 2 heterocycles. The minimum Gasteiger partial charge on any atom is -0.351 e. The average Bonchev–Trinajstić information content (AvgIpc) is 3.58. The van der Waals surface area contributed by atoms with Gasteiger partial charge in [0.15, 0.2) is 5.82 Å². The van der Waals surface area contributed by atoms with E-state index in [1.54, 1.807) is 12.3 Å². The van der Waals surface area contributed by atoms with Crippen LogP contribution in [-0.4, -0.2) is 31.9 Å². The van der Waals surface area contributed by atoms with Gasteiger partial charge in [0.25, 0.3) is 0 Å². The van der Waals surface area contributed by atoms with Crippen molar-refractivity contribution in [3.05, 3.63) is 59.4 Å². The summed E-state index contributed by atoms with van der Waals surface area (Å²) in [7, 11) is 0. The fourth-order valence-electron chi connectivity index (χ4n) is 5.69. The van der Waals surface area contributed by atoms with Crippen LogP contribution in [0.2, 0.25) is 0 Å². The minimum atomic E-state index is -4.36. The molecule has 2 aromatic heterocycles. The van der Waals surface area contributed by atoms with Gasteiger partial charge in [-0.3, -0.25) is 5.10 Å². The van der Waals surface area contributed by atoms with E-state index < -0.39 is 11.7 Å². The van der Waals surface area contributed by atoms with E-state index in [0.717, 1.165) is 43.6 Å². The van der Waals surface area contributed by atoms with Crippen molar-refractivity contribution < 1.29 is 13.2 Å². The molecule has 10 heteroatoms. The Morgan fingerprint density at radius 1 is 1.00 bits per heavy atom. The summed E-state index contributed by atoms with van der Waals surface area (Å²) in [6.45, 7) is 0. The lowest BCUT2D eigenvalue weighted by molar-refractivity contribution is -0.137. The Labute approximate surface area is 220 Å². The van der Waals surface area contributed by atoms with Crippen LogP contribution in [0.5, 0.6) is 0 Å². The molecule has 2 fully saturated rings. The molecule has 0 aliphatic heterocycles. The van der Waals surface area contributed by atoms with Gasteiger partial charge in [0.05, 0.1) is 5.56 Å². The third-order valence-corrected chi connectivity index (χ3v) is 7.69. The van der Waals surface area contributed by atoms with Crippen LogP contribution < -0.4 is 10.6 Å². The first-order valence-electron chi connectivity index (χ1n) is 13.5. The van der Waals surface area contributed by atoms with E-state index in [1.165, 1.54) is 37.4 Å². The van der Waals surface area contributed by atoms with Crippen molar-refractivity contribution in [2.75, 3.05) is 10.6 Å². The van der Waals surface area contributed by atoms with Crippen LogP contribution in [0.4, 0.5) is 30.8 Å². The average molecular weight is 526 g/mol. The molecule has 0 unspecified atom stereocenters. The molecular formula is C28H34F3N7. The summed E-state index contributed by atoms with van der Waals surface area (Å²) < 4.78 is 38.9. The van der Waals surface area contributed by atoms with Crippen LogP contribution in [0.25, 0.3) is 0 Å². The molecule has 202 valence electrons. The lowest BCUT2D eigenvalue weighted by Crippen LogP contribution is -2.28. The van der Waals surface area contributed by atoms with Gasteiger partial charge >= 0.3 is 6.18 Å². The Kier molecular flexibility index (Phi) is 7.95. The largest absolute Gasteiger partial charge is 0.416 e. The summed E-state index contributed by atoms with van der Waals surface area (Å²) >= 11 is 0. The molecule has 0 saturated heterocycles. The van der Waals surface area contributed by atoms with Crippen molar-refractivity contribution in [2.45, 2.75) is 82.3 Å². The summed E-state index contributed by atoms with van der Waals surface area (Å²) in [5, 5.41) is 22.6. The third-order valence-electron chi connectivity index (χ3n) is 7.69. The molecule has 0 atom stereocenters.